The number of carbonyl (C=O) groups excluding carboxylic acids is 2. The van der Waals surface area contributed by atoms with Gasteiger partial charge in [0.05, 0.1) is 12.1 Å². The minimum Gasteiger partial charge on any atom is -0.446 e. The summed E-state index contributed by atoms with van der Waals surface area (Å²) in [5.74, 6) is 1.60. The molecule has 2 saturated carbocycles. The van der Waals surface area contributed by atoms with Crippen LogP contribution in [0.15, 0.2) is 16.7 Å². The van der Waals surface area contributed by atoms with E-state index in [1.54, 1.807) is 13.0 Å². The van der Waals surface area contributed by atoms with E-state index in [2.05, 4.69) is 26.0 Å². The van der Waals surface area contributed by atoms with Gasteiger partial charge in [0.25, 0.3) is 0 Å². The Hall–Kier alpha value is -2.84. The summed E-state index contributed by atoms with van der Waals surface area (Å²) in [6, 6.07) is 3.75. The fraction of sp³-hybridized carbons (Fsp3) is 0.600. The van der Waals surface area contributed by atoms with Crippen LogP contribution < -0.4 is 10.6 Å². The van der Waals surface area contributed by atoms with Crippen LogP contribution in [0.2, 0.25) is 0 Å². The predicted octanol–water partition coefficient (Wildman–Crippen LogP) is 3.05. The minimum absolute atomic E-state index is 0.0950. The van der Waals surface area contributed by atoms with Gasteiger partial charge in [-0.2, -0.15) is 5.10 Å². The second kappa shape index (κ2) is 8.26. The Bertz CT molecular complexity index is 872. The number of aromatic nitrogens is 3. The van der Waals surface area contributed by atoms with E-state index in [0.29, 0.717) is 17.5 Å². The fourth-order valence-electron chi connectivity index (χ4n) is 3.87. The monoisotopic (exact) mass is 401 g/mol. The summed E-state index contributed by atoms with van der Waals surface area (Å²) in [6.07, 6.45) is 4.53. The second-order valence-electron chi connectivity index (χ2n) is 8.18. The number of hydrogen-bond donors (Lipinski definition) is 3. The lowest BCUT2D eigenvalue weighted by atomic mass is 10.0. The summed E-state index contributed by atoms with van der Waals surface area (Å²) in [5.41, 5.74) is 1.68. The molecule has 4 rings (SSSR count). The quantitative estimate of drug-likeness (QED) is 0.655. The van der Waals surface area contributed by atoms with E-state index < -0.39 is 0 Å². The minimum atomic E-state index is -0.324. The highest BCUT2D eigenvalue weighted by Gasteiger charge is 2.32. The first-order valence-corrected chi connectivity index (χ1v) is 10.2. The Labute approximate surface area is 168 Å². The van der Waals surface area contributed by atoms with Gasteiger partial charge in [0, 0.05) is 29.8 Å². The first kappa shape index (κ1) is 19.5. The van der Waals surface area contributed by atoms with Gasteiger partial charge in [-0.15, -0.1) is 0 Å². The Balaban J connectivity index is 1.24. The number of nitrogens with one attached hydrogen (secondary N) is 3. The molecule has 0 aromatic carbocycles. The van der Waals surface area contributed by atoms with Crippen molar-refractivity contribution in [2.45, 2.75) is 70.4 Å². The molecular weight excluding hydrogens is 374 g/mol. The number of amides is 2. The maximum atomic E-state index is 12.1. The SMILES string of the molecule is Cc1cc(CC(=O)Nc2cc([C@H]3CC[C@@H](OC(=O)N[C@@H](C)C4CC4)C3)[nH]n2)on1. The predicted molar refractivity (Wildman–Crippen MR) is 104 cm³/mol. The molecule has 3 atom stereocenters. The standard InChI is InChI=1S/C20H27N5O4/c1-11-7-16(29-25-11)9-19(26)22-18-10-17(23-24-18)14-5-6-15(8-14)28-20(27)21-12(2)13-3-4-13/h7,10,12-15H,3-6,8-9H2,1-2H3,(H,21,27)(H2,22,23,24,26)/t12-,14-,15+/m0/s1. The molecule has 9 nitrogen and oxygen atoms in total. The molecule has 0 unspecified atom stereocenters. The molecule has 0 radical (unpaired) electrons. The van der Waals surface area contributed by atoms with Crippen molar-refractivity contribution >= 4 is 17.8 Å². The van der Waals surface area contributed by atoms with E-state index in [0.717, 1.165) is 30.7 Å². The summed E-state index contributed by atoms with van der Waals surface area (Å²) in [5, 5.41) is 16.6. The zero-order chi connectivity index (χ0) is 20.4. The summed E-state index contributed by atoms with van der Waals surface area (Å²) in [4.78, 5) is 24.2. The van der Waals surface area contributed by atoms with Gasteiger partial charge in [-0.05, 0) is 51.9 Å². The van der Waals surface area contributed by atoms with Crippen LogP contribution in [-0.2, 0) is 16.0 Å². The maximum absolute atomic E-state index is 12.1. The summed E-state index contributed by atoms with van der Waals surface area (Å²) < 4.78 is 10.6. The number of rotatable bonds is 7. The highest BCUT2D eigenvalue weighted by Crippen LogP contribution is 2.36. The van der Waals surface area contributed by atoms with E-state index in [-0.39, 0.29) is 36.5 Å². The van der Waals surface area contributed by atoms with Crippen LogP contribution in [0, 0.1) is 12.8 Å². The zero-order valence-corrected chi connectivity index (χ0v) is 16.7. The third-order valence-corrected chi connectivity index (χ3v) is 5.65. The van der Waals surface area contributed by atoms with Crippen molar-refractivity contribution < 1.29 is 18.8 Å². The number of aryl methyl sites for hydroxylation is 1. The van der Waals surface area contributed by atoms with Gasteiger partial charge in [-0.25, -0.2) is 4.79 Å². The first-order chi connectivity index (χ1) is 14.0. The number of carbonyl (C=O) groups is 2. The van der Waals surface area contributed by atoms with Crippen LogP contribution in [0.4, 0.5) is 10.6 Å². The second-order valence-corrected chi connectivity index (χ2v) is 8.18. The van der Waals surface area contributed by atoms with E-state index in [9.17, 15) is 9.59 Å². The van der Waals surface area contributed by atoms with E-state index >= 15 is 0 Å². The van der Waals surface area contributed by atoms with Gasteiger partial charge in [0.2, 0.25) is 5.91 Å². The summed E-state index contributed by atoms with van der Waals surface area (Å²) >= 11 is 0. The van der Waals surface area contributed by atoms with Crippen molar-refractivity contribution in [3.05, 3.63) is 29.3 Å². The molecule has 0 saturated heterocycles. The van der Waals surface area contributed by atoms with Crippen molar-refractivity contribution in [3.8, 4) is 0 Å². The molecule has 2 aliphatic rings. The Morgan fingerprint density at radius 1 is 1.31 bits per heavy atom. The molecule has 2 amide bonds. The molecule has 0 bridgehead atoms. The Morgan fingerprint density at radius 3 is 2.86 bits per heavy atom. The molecule has 0 spiro atoms. The number of alkyl carbamates (subject to hydrolysis) is 1. The van der Waals surface area contributed by atoms with E-state index in [1.807, 2.05) is 13.0 Å². The molecule has 0 aliphatic heterocycles. The van der Waals surface area contributed by atoms with Crippen LogP contribution in [0.3, 0.4) is 0 Å². The van der Waals surface area contributed by atoms with Gasteiger partial charge < -0.3 is 19.9 Å². The Morgan fingerprint density at radius 2 is 2.14 bits per heavy atom. The largest absolute Gasteiger partial charge is 0.446 e. The number of H-pyrrole nitrogens is 1. The topological polar surface area (TPSA) is 122 Å². The third-order valence-electron chi connectivity index (χ3n) is 5.65. The smallest absolute Gasteiger partial charge is 0.407 e. The number of hydrogen-bond acceptors (Lipinski definition) is 6. The van der Waals surface area contributed by atoms with Crippen molar-refractivity contribution in [1.82, 2.24) is 20.7 Å². The molecule has 2 aliphatic carbocycles. The zero-order valence-electron chi connectivity index (χ0n) is 16.7. The molecular formula is C20H27N5O4. The molecule has 3 N–H and O–H groups in total. The number of nitrogens with zero attached hydrogens (tertiary/aromatic N) is 2. The molecule has 2 aromatic rings. The van der Waals surface area contributed by atoms with Crippen molar-refractivity contribution in [1.29, 1.82) is 0 Å². The van der Waals surface area contributed by atoms with Crippen LogP contribution in [0.5, 0.6) is 0 Å². The van der Waals surface area contributed by atoms with Gasteiger partial charge >= 0.3 is 6.09 Å². The lowest BCUT2D eigenvalue weighted by molar-refractivity contribution is -0.115. The van der Waals surface area contributed by atoms with E-state index in [1.165, 1.54) is 12.8 Å². The lowest BCUT2D eigenvalue weighted by Gasteiger charge is -2.16. The van der Waals surface area contributed by atoms with Crippen molar-refractivity contribution in [2.24, 2.45) is 5.92 Å². The van der Waals surface area contributed by atoms with Gasteiger partial charge in [-0.3, -0.25) is 9.89 Å². The van der Waals surface area contributed by atoms with E-state index in [4.69, 9.17) is 9.26 Å². The fourth-order valence-corrected chi connectivity index (χ4v) is 3.87. The summed E-state index contributed by atoms with van der Waals surface area (Å²) in [6.45, 7) is 3.83. The maximum Gasteiger partial charge on any atom is 0.407 e. The number of anilines is 1. The van der Waals surface area contributed by atoms with Crippen LogP contribution in [0.25, 0.3) is 0 Å². The molecule has 9 heteroatoms. The average Bonchev–Trinajstić information content (AvgIpc) is 3.02. The highest BCUT2D eigenvalue weighted by molar-refractivity contribution is 5.91. The molecule has 29 heavy (non-hydrogen) atoms. The number of ether oxygens (including phenoxy) is 1. The van der Waals surface area contributed by atoms with Crippen molar-refractivity contribution in [3.63, 3.8) is 0 Å². The molecule has 2 fully saturated rings. The Kier molecular flexibility index (Phi) is 5.55. The van der Waals surface area contributed by atoms with Gasteiger partial charge in [0.1, 0.15) is 11.9 Å². The number of aromatic amines is 1. The highest BCUT2D eigenvalue weighted by atomic mass is 16.6. The molecule has 156 valence electrons. The van der Waals surface area contributed by atoms with Crippen LogP contribution >= 0.6 is 0 Å². The van der Waals surface area contributed by atoms with Crippen LogP contribution in [-0.4, -0.2) is 39.5 Å². The third kappa shape index (κ3) is 5.16. The van der Waals surface area contributed by atoms with Gasteiger partial charge in [0.15, 0.2) is 5.82 Å². The normalized spacial score (nSPS) is 22.3. The van der Waals surface area contributed by atoms with Gasteiger partial charge in [-0.1, -0.05) is 5.16 Å². The van der Waals surface area contributed by atoms with Crippen LogP contribution in [0.1, 0.15) is 62.1 Å². The molecule has 2 heterocycles. The summed E-state index contributed by atoms with van der Waals surface area (Å²) in [7, 11) is 0. The molecule has 2 aromatic heterocycles. The first-order valence-electron chi connectivity index (χ1n) is 10.2. The average molecular weight is 401 g/mol. The lowest BCUT2D eigenvalue weighted by Crippen LogP contribution is -2.36. The van der Waals surface area contributed by atoms with Crippen molar-refractivity contribution in [2.75, 3.05) is 5.32 Å².